The molecule has 1 aromatic heterocycles. The predicted molar refractivity (Wildman–Crippen MR) is 50.0 cm³/mol. The average molecular weight is 195 g/mol. The highest BCUT2D eigenvalue weighted by molar-refractivity contribution is 6.00. The second-order valence-corrected chi connectivity index (χ2v) is 3.57. The van der Waals surface area contributed by atoms with E-state index in [0.717, 1.165) is 0 Å². The fraction of sp³-hybridized carbons (Fsp3) is 0.500. The lowest BCUT2D eigenvalue weighted by Crippen LogP contribution is -2.51. The number of carbonyl (C=O) groups excluding carboxylic acids is 1. The number of nitrogens with two attached hydrogens (primary N) is 1. The van der Waals surface area contributed by atoms with Crippen LogP contribution in [-0.2, 0) is 4.74 Å². The Morgan fingerprint density at radius 3 is 2.71 bits per heavy atom. The van der Waals surface area contributed by atoms with E-state index in [-0.39, 0.29) is 5.78 Å². The first-order valence-electron chi connectivity index (χ1n) is 4.67. The highest BCUT2D eigenvalue weighted by Gasteiger charge is 2.37. The zero-order chi connectivity index (χ0) is 10.0. The predicted octanol–water partition coefficient (Wildman–Crippen LogP) is 0.970. The Morgan fingerprint density at radius 2 is 2.14 bits per heavy atom. The fourth-order valence-electron chi connectivity index (χ4n) is 1.62. The third kappa shape index (κ3) is 1.58. The number of furan rings is 1. The summed E-state index contributed by atoms with van der Waals surface area (Å²) in [7, 11) is 0. The van der Waals surface area contributed by atoms with Crippen molar-refractivity contribution in [3.63, 3.8) is 0 Å². The Balaban J connectivity index is 2.17. The molecule has 2 heterocycles. The van der Waals surface area contributed by atoms with Crippen LogP contribution in [0.5, 0.6) is 0 Å². The molecule has 2 rings (SSSR count). The van der Waals surface area contributed by atoms with Crippen molar-refractivity contribution in [2.24, 2.45) is 5.73 Å². The summed E-state index contributed by atoms with van der Waals surface area (Å²) in [5, 5.41) is 0. The van der Waals surface area contributed by atoms with Crippen molar-refractivity contribution in [1.82, 2.24) is 0 Å². The minimum Gasteiger partial charge on any atom is -0.461 e. The highest BCUT2D eigenvalue weighted by atomic mass is 16.5. The maximum atomic E-state index is 11.9. The van der Waals surface area contributed by atoms with E-state index in [0.29, 0.717) is 31.8 Å². The van der Waals surface area contributed by atoms with Crippen LogP contribution < -0.4 is 5.73 Å². The zero-order valence-electron chi connectivity index (χ0n) is 7.86. The van der Waals surface area contributed by atoms with Crippen LogP contribution in [0.15, 0.2) is 22.8 Å². The van der Waals surface area contributed by atoms with Gasteiger partial charge in [-0.05, 0) is 25.0 Å². The SMILES string of the molecule is NC1(C(=O)c2ccco2)CCOCC1. The first-order chi connectivity index (χ1) is 6.72. The van der Waals surface area contributed by atoms with Gasteiger partial charge in [0.25, 0.3) is 0 Å². The molecule has 0 amide bonds. The topological polar surface area (TPSA) is 65.5 Å². The molecular weight excluding hydrogens is 182 g/mol. The molecule has 4 heteroatoms. The van der Waals surface area contributed by atoms with Crippen molar-refractivity contribution >= 4 is 5.78 Å². The van der Waals surface area contributed by atoms with E-state index < -0.39 is 5.54 Å². The second-order valence-electron chi connectivity index (χ2n) is 3.57. The molecule has 1 aliphatic rings. The molecule has 14 heavy (non-hydrogen) atoms. The number of hydrogen-bond donors (Lipinski definition) is 1. The Kier molecular flexibility index (Phi) is 2.39. The number of ether oxygens (including phenoxy) is 1. The fourth-order valence-corrected chi connectivity index (χ4v) is 1.62. The molecule has 2 N–H and O–H groups in total. The maximum absolute atomic E-state index is 11.9. The molecule has 4 nitrogen and oxygen atoms in total. The van der Waals surface area contributed by atoms with Crippen molar-refractivity contribution < 1.29 is 13.9 Å². The monoisotopic (exact) mass is 195 g/mol. The number of carbonyl (C=O) groups is 1. The molecular formula is C10H13NO3. The van der Waals surface area contributed by atoms with Crippen LogP contribution in [0.25, 0.3) is 0 Å². The molecule has 1 fully saturated rings. The van der Waals surface area contributed by atoms with E-state index in [1.165, 1.54) is 6.26 Å². The summed E-state index contributed by atoms with van der Waals surface area (Å²) < 4.78 is 10.2. The highest BCUT2D eigenvalue weighted by Crippen LogP contribution is 2.22. The standard InChI is InChI=1S/C10H13NO3/c11-10(3-6-13-7-4-10)9(12)8-2-1-5-14-8/h1-2,5H,3-4,6-7,11H2. The van der Waals surface area contributed by atoms with Gasteiger partial charge in [0.15, 0.2) is 5.76 Å². The largest absolute Gasteiger partial charge is 0.461 e. The van der Waals surface area contributed by atoms with Gasteiger partial charge >= 0.3 is 0 Å². The van der Waals surface area contributed by atoms with E-state index >= 15 is 0 Å². The van der Waals surface area contributed by atoms with Crippen LogP contribution in [0.2, 0.25) is 0 Å². The Morgan fingerprint density at radius 1 is 1.43 bits per heavy atom. The summed E-state index contributed by atoms with van der Waals surface area (Å²) in [5.41, 5.74) is 5.21. The lowest BCUT2D eigenvalue weighted by molar-refractivity contribution is 0.0431. The Bertz CT molecular complexity index is 312. The van der Waals surface area contributed by atoms with E-state index in [4.69, 9.17) is 14.9 Å². The van der Waals surface area contributed by atoms with Gasteiger partial charge < -0.3 is 14.9 Å². The molecule has 1 aromatic rings. The maximum Gasteiger partial charge on any atom is 0.217 e. The molecule has 76 valence electrons. The number of rotatable bonds is 2. The average Bonchev–Trinajstić information content (AvgIpc) is 2.70. The zero-order valence-corrected chi connectivity index (χ0v) is 7.86. The summed E-state index contributed by atoms with van der Waals surface area (Å²) in [4.78, 5) is 11.9. The van der Waals surface area contributed by atoms with Gasteiger partial charge in [-0.3, -0.25) is 4.79 Å². The van der Waals surface area contributed by atoms with Crippen LogP contribution in [0.1, 0.15) is 23.4 Å². The van der Waals surface area contributed by atoms with Gasteiger partial charge in [-0.1, -0.05) is 0 Å². The molecule has 0 atom stereocenters. The van der Waals surface area contributed by atoms with Crippen molar-refractivity contribution in [3.8, 4) is 0 Å². The van der Waals surface area contributed by atoms with E-state index in [2.05, 4.69) is 0 Å². The number of ketones is 1. The minimum absolute atomic E-state index is 0.120. The summed E-state index contributed by atoms with van der Waals surface area (Å²) in [5.74, 6) is 0.222. The van der Waals surface area contributed by atoms with Crippen LogP contribution in [-0.4, -0.2) is 24.5 Å². The van der Waals surface area contributed by atoms with Gasteiger partial charge in [0.1, 0.15) is 0 Å². The van der Waals surface area contributed by atoms with Gasteiger partial charge in [-0.15, -0.1) is 0 Å². The van der Waals surface area contributed by atoms with Crippen LogP contribution in [0.4, 0.5) is 0 Å². The smallest absolute Gasteiger partial charge is 0.217 e. The van der Waals surface area contributed by atoms with Crippen molar-refractivity contribution in [3.05, 3.63) is 24.2 Å². The van der Waals surface area contributed by atoms with Crippen molar-refractivity contribution in [2.45, 2.75) is 18.4 Å². The third-order valence-corrected chi connectivity index (χ3v) is 2.58. The van der Waals surface area contributed by atoms with Crippen molar-refractivity contribution in [2.75, 3.05) is 13.2 Å². The summed E-state index contributed by atoms with van der Waals surface area (Å²) in [6.45, 7) is 1.09. The first kappa shape index (κ1) is 9.43. The lowest BCUT2D eigenvalue weighted by Gasteiger charge is -2.30. The number of hydrogen-bond acceptors (Lipinski definition) is 4. The van der Waals surface area contributed by atoms with Gasteiger partial charge in [0.2, 0.25) is 5.78 Å². The van der Waals surface area contributed by atoms with Gasteiger partial charge in [0.05, 0.1) is 11.8 Å². The number of Topliss-reactive ketones (excluding diaryl/α,β-unsaturated/α-hetero) is 1. The van der Waals surface area contributed by atoms with Gasteiger partial charge in [-0.2, -0.15) is 0 Å². The van der Waals surface area contributed by atoms with Crippen molar-refractivity contribution in [1.29, 1.82) is 0 Å². The molecule has 0 saturated carbocycles. The summed E-state index contributed by atoms with van der Waals surface area (Å²) in [6, 6.07) is 3.34. The van der Waals surface area contributed by atoms with Crippen LogP contribution >= 0.6 is 0 Å². The second kappa shape index (κ2) is 3.55. The normalized spacial score (nSPS) is 20.6. The summed E-state index contributed by atoms with van der Waals surface area (Å²) in [6.07, 6.45) is 2.61. The van der Waals surface area contributed by atoms with E-state index in [1.807, 2.05) is 0 Å². The quantitative estimate of drug-likeness (QED) is 0.714. The van der Waals surface area contributed by atoms with Gasteiger partial charge in [-0.25, -0.2) is 0 Å². The van der Waals surface area contributed by atoms with Crippen LogP contribution in [0.3, 0.4) is 0 Å². The third-order valence-electron chi connectivity index (χ3n) is 2.58. The molecule has 0 spiro atoms. The van der Waals surface area contributed by atoms with E-state index in [1.54, 1.807) is 12.1 Å². The first-order valence-corrected chi connectivity index (χ1v) is 4.67. The minimum atomic E-state index is -0.796. The molecule has 1 saturated heterocycles. The molecule has 0 radical (unpaired) electrons. The lowest BCUT2D eigenvalue weighted by atomic mass is 9.86. The molecule has 0 bridgehead atoms. The molecule has 1 aliphatic heterocycles. The van der Waals surface area contributed by atoms with E-state index in [9.17, 15) is 4.79 Å². The Labute approximate surface area is 82.0 Å². The molecule has 0 unspecified atom stereocenters. The summed E-state index contributed by atoms with van der Waals surface area (Å²) >= 11 is 0. The Hall–Kier alpha value is -1.13. The van der Waals surface area contributed by atoms with Crippen LogP contribution in [0, 0.1) is 0 Å². The molecule has 0 aromatic carbocycles. The molecule has 0 aliphatic carbocycles. The van der Waals surface area contributed by atoms with Gasteiger partial charge in [0, 0.05) is 13.2 Å².